The van der Waals surface area contributed by atoms with E-state index in [4.69, 9.17) is 15.4 Å². The molecule has 1 aliphatic rings. The second-order valence-electron chi connectivity index (χ2n) is 5.77. The van der Waals surface area contributed by atoms with Crippen LogP contribution in [0.5, 0.6) is 0 Å². The zero-order chi connectivity index (χ0) is 15.3. The van der Waals surface area contributed by atoms with Gasteiger partial charge in [-0.05, 0) is 38.3 Å². The van der Waals surface area contributed by atoms with Gasteiger partial charge in [-0.25, -0.2) is 0 Å². The molecule has 1 aliphatic carbocycles. The van der Waals surface area contributed by atoms with Crippen molar-refractivity contribution in [2.75, 3.05) is 0 Å². The number of aryl methyl sites for hydroxylation is 1. The summed E-state index contributed by atoms with van der Waals surface area (Å²) in [5, 5.41) is 15.0. The first-order valence-electron chi connectivity index (χ1n) is 7.40. The zero-order valence-electron chi connectivity index (χ0n) is 12.3. The fourth-order valence-electron chi connectivity index (χ4n) is 2.92. The third-order valence-electron chi connectivity index (χ3n) is 4.27. The summed E-state index contributed by atoms with van der Waals surface area (Å²) in [5.41, 5.74) is 4.93. The summed E-state index contributed by atoms with van der Waals surface area (Å²) in [5.74, 6) is 0.793. The van der Waals surface area contributed by atoms with E-state index in [1.165, 1.54) is 0 Å². The molecule has 4 N–H and O–H groups in total. The standard InChI is InChI=1S/C15H23N3O3/c1-11(6-7-12-5-4-10-21-12)17-14(19)15(13(16)18-20)8-2-3-9-15/h4-5,10-11,20H,2-3,6-9H2,1H3,(H2,16,18)(H,17,19). The van der Waals surface area contributed by atoms with E-state index in [1.54, 1.807) is 6.26 Å². The van der Waals surface area contributed by atoms with Gasteiger partial charge in [0, 0.05) is 12.5 Å². The highest BCUT2D eigenvalue weighted by Crippen LogP contribution is 2.38. The molecule has 1 saturated carbocycles. The Morgan fingerprint density at radius 2 is 2.29 bits per heavy atom. The fourth-order valence-corrected chi connectivity index (χ4v) is 2.92. The molecule has 21 heavy (non-hydrogen) atoms. The Bertz CT molecular complexity index is 490. The Morgan fingerprint density at radius 3 is 2.86 bits per heavy atom. The highest BCUT2D eigenvalue weighted by atomic mass is 16.4. The SMILES string of the molecule is CC(CCc1ccco1)NC(=O)C1(C(N)=NO)CCCC1. The molecule has 1 atom stereocenters. The number of oxime groups is 1. The highest BCUT2D eigenvalue weighted by molar-refractivity contribution is 6.07. The van der Waals surface area contributed by atoms with Gasteiger partial charge in [-0.15, -0.1) is 0 Å². The van der Waals surface area contributed by atoms with Crippen LogP contribution in [-0.2, 0) is 11.2 Å². The number of hydrogen-bond acceptors (Lipinski definition) is 4. The van der Waals surface area contributed by atoms with Gasteiger partial charge in [0.15, 0.2) is 5.84 Å². The summed E-state index contributed by atoms with van der Waals surface area (Å²) in [4.78, 5) is 12.5. The zero-order valence-corrected chi connectivity index (χ0v) is 12.3. The minimum atomic E-state index is -0.840. The van der Waals surface area contributed by atoms with Crippen LogP contribution in [0.15, 0.2) is 28.0 Å². The van der Waals surface area contributed by atoms with Gasteiger partial charge < -0.3 is 20.7 Å². The normalized spacial score (nSPS) is 19.4. The quantitative estimate of drug-likeness (QED) is 0.323. The fraction of sp³-hybridized carbons (Fsp3) is 0.600. The number of hydrogen-bond donors (Lipinski definition) is 3. The number of furan rings is 1. The molecule has 1 amide bonds. The largest absolute Gasteiger partial charge is 0.469 e. The smallest absolute Gasteiger partial charge is 0.234 e. The summed E-state index contributed by atoms with van der Waals surface area (Å²) in [6.07, 6.45) is 6.31. The van der Waals surface area contributed by atoms with Gasteiger partial charge >= 0.3 is 0 Å². The Kier molecular flexibility index (Phi) is 4.88. The van der Waals surface area contributed by atoms with E-state index < -0.39 is 5.41 Å². The molecule has 0 spiro atoms. The summed E-state index contributed by atoms with van der Waals surface area (Å²) in [7, 11) is 0. The van der Waals surface area contributed by atoms with Gasteiger partial charge in [0.1, 0.15) is 11.2 Å². The molecule has 0 saturated heterocycles. The molecule has 116 valence electrons. The lowest BCUT2D eigenvalue weighted by molar-refractivity contribution is -0.128. The Hall–Kier alpha value is -1.98. The topological polar surface area (TPSA) is 101 Å². The molecule has 1 aromatic heterocycles. The van der Waals surface area contributed by atoms with E-state index in [-0.39, 0.29) is 17.8 Å². The molecule has 1 aromatic rings. The van der Waals surface area contributed by atoms with Gasteiger partial charge in [-0.2, -0.15) is 0 Å². The van der Waals surface area contributed by atoms with E-state index in [2.05, 4.69) is 10.5 Å². The maximum absolute atomic E-state index is 12.5. The number of amidine groups is 1. The second-order valence-corrected chi connectivity index (χ2v) is 5.77. The van der Waals surface area contributed by atoms with Crippen molar-refractivity contribution in [3.05, 3.63) is 24.2 Å². The van der Waals surface area contributed by atoms with E-state index >= 15 is 0 Å². The van der Waals surface area contributed by atoms with E-state index in [0.717, 1.165) is 31.4 Å². The number of carbonyl (C=O) groups is 1. The molecular weight excluding hydrogens is 270 g/mol. The van der Waals surface area contributed by atoms with Crippen LogP contribution in [0, 0.1) is 5.41 Å². The molecule has 6 heteroatoms. The van der Waals surface area contributed by atoms with Crippen molar-refractivity contribution in [3.8, 4) is 0 Å². The monoisotopic (exact) mass is 293 g/mol. The number of nitrogens with one attached hydrogen (secondary N) is 1. The lowest BCUT2D eigenvalue weighted by Crippen LogP contribution is -2.50. The maximum atomic E-state index is 12.5. The molecule has 1 unspecified atom stereocenters. The van der Waals surface area contributed by atoms with Gasteiger partial charge in [-0.1, -0.05) is 18.0 Å². The number of rotatable bonds is 6. The summed E-state index contributed by atoms with van der Waals surface area (Å²) < 4.78 is 5.28. The van der Waals surface area contributed by atoms with Crippen molar-refractivity contribution >= 4 is 11.7 Å². The third kappa shape index (κ3) is 3.37. The minimum Gasteiger partial charge on any atom is -0.469 e. The summed E-state index contributed by atoms with van der Waals surface area (Å²) >= 11 is 0. The van der Waals surface area contributed by atoms with Crippen LogP contribution < -0.4 is 11.1 Å². The van der Waals surface area contributed by atoms with Crippen LogP contribution in [0.2, 0.25) is 0 Å². The Morgan fingerprint density at radius 1 is 1.57 bits per heavy atom. The average Bonchev–Trinajstić information content (AvgIpc) is 3.16. The van der Waals surface area contributed by atoms with Gasteiger partial charge in [-0.3, -0.25) is 4.79 Å². The van der Waals surface area contributed by atoms with E-state index in [9.17, 15) is 4.79 Å². The van der Waals surface area contributed by atoms with Crippen molar-refractivity contribution in [2.24, 2.45) is 16.3 Å². The first-order chi connectivity index (χ1) is 10.1. The van der Waals surface area contributed by atoms with Gasteiger partial charge in [0.25, 0.3) is 0 Å². The third-order valence-corrected chi connectivity index (χ3v) is 4.27. The molecule has 0 aliphatic heterocycles. The van der Waals surface area contributed by atoms with Gasteiger partial charge in [0.05, 0.1) is 6.26 Å². The Labute approximate surface area is 124 Å². The molecule has 1 fully saturated rings. The highest BCUT2D eigenvalue weighted by Gasteiger charge is 2.45. The van der Waals surface area contributed by atoms with E-state index in [0.29, 0.717) is 12.8 Å². The minimum absolute atomic E-state index is 0.00608. The van der Waals surface area contributed by atoms with Crippen LogP contribution in [0.25, 0.3) is 0 Å². The van der Waals surface area contributed by atoms with Crippen LogP contribution in [0.1, 0.15) is 44.8 Å². The molecule has 2 rings (SSSR count). The molecule has 1 heterocycles. The average molecular weight is 293 g/mol. The summed E-state index contributed by atoms with van der Waals surface area (Å²) in [6.45, 7) is 1.95. The van der Waals surface area contributed by atoms with Crippen molar-refractivity contribution in [1.29, 1.82) is 0 Å². The van der Waals surface area contributed by atoms with Crippen molar-refractivity contribution in [2.45, 2.75) is 51.5 Å². The van der Waals surface area contributed by atoms with Crippen molar-refractivity contribution in [1.82, 2.24) is 5.32 Å². The predicted octanol–water partition coefficient (Wildman–Crippen LogP) is 2.02. The van der Waals surface area contributed by atoms with Crippen LogP contribution >= 0.6 is 0 Å². The van der Waals surface area contributed by atoms with Crippen LogP contribution in [0.3, 0.4) is 0 Å². The van der Waals surface area contributed by atoms with Gasteiger partial charge in [0.2, 0.25) is 5.91 Å². The number of carbonyl (C=O) groups excluding carboxylic acids is 1. The number of nitrogens with two attached hydrogens (primary N) is 1. The lowest BCUT2D eigenvalue weighted by Gasteiger charge is -2.28. The lowest BCUT2D eigenvalue weighted by atomic mass is 9.83. The van der Waals surface area contributed by atoms with Crippen molar-refractivity contribution in [3.63, 3.8) is 0 Å². The molecule has 0 aromatic carbocycles. The predicted molar refractivity (Wildman–Crippen MR) is 78.9 cm³/mol. The molecule has 6 nitrogen and oxygen atoms in total. The second kappa shape index (κ2) is 6.65. The number of amides is 1. The van der Waals surface area contributed by atoms with Crippen LogP contribution in [0.4, 0.5) is 0 Å². The first-order valence-corrected chi connectivity index (χ1v) is 7.40. The first kappa shape index (κ1) is 15.4. The van der Waals surface area contributed by atoms with Crippen LogP contribution in [-0.4, -0.2) is 23.0 Å². The maximum Gasteiger partial charge on any atom is 0.234 e. The molecular formula is C15H23N3O3. The molecule has 0 bridgehead atoms. The number of nitrogens with zero attached hydrogens (tertiary/aromatic N) is 1. The summed E-state index contributed by atoms with van der Waals surface area (Å²) in [6, 6.07) is 3.78. The van der Waals surface area contributed by atoms with Crippen molar-refractivity contribution < 1.29 is 14.4 Å². The van der Waals surface area contributed by atoms with E-state index in [1.807, 2.05) is 19.1 Å². The molecule has 0 radical (unpaired) electrons. The Balaban J connectivity index is 1.92.